The fraction of sp³-hybridized carbons (Fsp3) is 0.538. The lowest BCUT2D eigenvalue weighted by molar-refractivity contribution is -0.0385. The number of benzene rings is 1. The van der Waals surface area contributed by atoms with E-state index in [2.05, 4.69) is 0 Å². The molecule has 94 valence electrons. The predicted octanol–water partition coefficient (Wildman–Crippen LogP) is 2.09. The number of rotatable bonds is 5. The van der Waals surface area contributed by atoms with Crippen LogP contribution in [0.1, 0.15) is 18.4 Å². The van der Waals surface area contributed by atoms with Crippen LogP contribution in [0.2, 0.25) is 0 Å². The van der Waals surface area contributed by atoms with E-state index < -0.39 is 0 Å². The molecule has 0 bridgehead atoms. The third-order valence-electron chi connectivity index (χ3n) is 3.26. The Morgan fingerprint density at radius 1 is 1.41 bits per heavy atom. The lowest BCUT2D eigenvalue weighted by Crippen LogP contribution is -2.35. The zero-order valence-electron chi connectivity index (χ0n) is 9.99. The average Bonchev–Trinajstić information content (AvgIpc) is 2.29. The second kappa shape index (κ2) is 5.47. The number of hydrogen-bond donors (Lipinski definition) is 1. The zero-order valence-corrected chi connectivity index (χ0v) is 9.99. The minimum absolute atomic E-state index is 0.231. The molecule has 4 heteroatoms. The highest BCUT2D eigenvalue weighted by Gasteiger charge is 2.28. The minimum Gasteiger partial charge on any atom is -0.494 e. The maximum Gasteiger partial charge on any atom is 0.170 e. The normalized spacial score (nSPS) is 23.2. The molecule has 1 aliphatic rings. The van der Waals surface area contributed by atoms with Crippen molar-refractivity contribution in [2.45, 2.75) is 25.6 Å². The molecule has 0 heterocycles. The molecule has 17 heavy (non-hydrogen) atoms. The number of halogens is 1. The van der Waals surface area contributed by atoms with Crippen molar-refractivity contribution < 1.29 is 13.9 Å². The summed E-state index contributed by atoms with van der Waals surface area (Å²) < 4.78 is 24.3. The number of hydrogen-bond acceptors (Lipinski definition) is 3. The van der Waals surface area contributed by atoms with E-state index in [1.165, 1.54) is 7.11 Å². The van der Waals surface area contributed by atoms with Gasteiger partial charge in [-0.1, -0.05) is 12.1 Å². The fourth-order valence-corrected chi connectivity index (χ4v) is 2.04. The molecule has 2 N–H and O–H groups in total. The SMILES string of the molecule is COc1cccc(COC2CC(CN)C2)c1F. The van der Waals surface area contributed by atoms with Crippen LogP contribution in [0.3, 0.4) is 0 Å². The van der Waals surface area contributed by atoms with Gasteiger partial charge < -0.3 is 15.2 Å². The summed E-state index contributed by atoms with van der Waals surface area (Å²) in [6, 6.07) is 5.09. The van der Waals surface area contributed by atoms with Gasteiger partial charge in [-0.05, 0) is 31.4 Å². The summed E-state index contributed by atoms with van der Waals surface area (Å²) in [6.07, 6.45) is 2.21. The summed E-state index contributed by atoms with van der Waals surface area (Å²) >= 11 is 0. The Labute approximate surface area is 101 Å². The summed E-state index contributed by atoms with van der Waals surface area (Å²) in [5, 5.41) is 0. The first-order valence-electron chi connectivity index (χ1n) is 5.87. The molecule has 0 aliphatic heterocycles. The van der Waals surface area contributed by atoms with Crippen LogP contribution >= 0.6 is 0 Å². The maximum atomic E-state index is 13.8. The van der Waals surface area contributed by atoms with Gasteiger partial charge in [-0.3, -0.25) is 0 Å². The smallest absolute Gasteiger partial charge is 0.170 e. The van der Waals surface area contributed by atoms with Crippen molar-refractivity contribution in [1.29, 1.82) is 0 Å². The van der Waals surface area contributed by atoms with Crippen LogP contribution in [0, 0.1) is 11.7 Å². The molecule has 0 radical (unpaired) electrons. The molecule has 1 aromatic carbocycles. The van der Waals surface area contributed by atoms with Crippen LogP contribution in [-0.2, 0) is 11.3 Å². The van der Waals surface area contributed by atoms with Crippen LogP contribution < -0.4 is 10.5 Å². The standard InChI is InChI=1S/C13H18FNO2/c1-16-12-4-2-3-10(13(12)14)8-17-11-5-9(6-11)7-15/h2-4,9,11H,5-8,15H2,1H3. The van der Waals surface area contributed by atoms with Crippen LogP contribution in [0.4, 0.5) is 4.39 Å². The Morgan fingerprint density at radius 2 is 2.18 bits per heavy atom. The van der Waals surface area contributed by atoms with Crippen molar-refractivity contribution in [2.75, 3.05) is 13.7 Å². The van der Waals surface area contributed by atoms with E-state index in [1.807, 2.05) is 0 Å². The average molecular weight is 239 g/mol. The molecule has 0 spiro atoms. The third-order valence-corrected chi connectivity index (χ3v) is 3.26. The number of ether oxygens (including phenoxy) is 2. The summed E-state index contributed by atoms with van der Waals surface area (Å²) in [6.45, 7) is 1.01. The molecule has 3 nitrogen and oxygen atoms in total. The molecule has 1 aromatic rings. The Morgan fingerprint density at radius 3 is 2.82 bits per heavy atom. The Bertz CT molecular complexity index is 378. The third kappa shape index (κ3) is 2.76. The fourth-order valence-electron chi connectivity index (χ4n) is 2.04. The summed E-state index contributed by atoms with van der Waals surface area (Å²) in [5.41, 5.74) is 6.08. The second-order valence-corrected chi connectivity index (χ2v) is 4.44. The molecular formula is C13H18FNO2. The van der Waals surface area contributed by atoms with Crippen molar-refractivity contribution in [2.24, 2.45) is 11.7 Å². The van der Waals surface area contributed by atoms with Crippen molar-refractivity contribution in [3.05, 3.63) is 29.6 Å². The van der Waals surface area contributed by atoms with E-state index in [0.29, 0.717) is 24.6 Å². The molecule has 1 aliphatic carbocycles. The summed E-state index contributed by atoms with van der Waals surface area (Å²) in [7, 11) is 1.46. The minimum atomic E-state index is -0.329. The van der Waals surface area contributed by atoms with E-state index in [-0.39, 0.29) is 17.7 Å². The van der Waals surface area contributed by atoms with E-state index in [1.54, 1.807) is 18.2 Å². The monoisotopic (exact) mass is 239 g/mol. The Kier molecular flexibility index (Phi) is 3.97. The molecule has 0 saturated heterocycles. The highest BCUT2D eigenvalue weighted by molar-refractivity contribution is 5.30. The van der Waals surface area contributed by atoms with Crippen LogP contribution in [-0.4, -0.2) is 19.8 Å². The lowest BCUT2D eigenvalue weighted by Gasteiger charge is -2.34. The van der Waals surface area contributed by atoms with Crippen molar-refractivity contribution in [3.8, 4) is 5.75 Å². The van der Waals surface area contributed by atoms with Gasteiger partial charge in [0.15, 0.2) is 11.6 Å². The molecule has 0 unspecified atom stereocenters. The Balaban J connectivity index is 1.87. The molecular weight excluding hydrogens is 221 g/mol. The first kappa shape index (κ1) is 12.3. The van der Waals surface area contributed by atoms with Crippen molar-refractivity contribution in [3.63, 3.8) is 0 Å². The van der Waals surface area contributed by atoms with Gasteiger partial charge in [-0.15, -0.1) is 0 Å². The van der Waals surface area contributed by atoms with Crippen LogP contribution in [0.5, 0.6) is 5.75 Å². The van der Waals surface area contributed by atoms with Gasteiger partial charge >= 0.3 is 0 Å². The van der Waals surface area contributed by atoms with Gasteiger partial charge in [-0.25, -0.2) is 4.39 Å². The summed E-state index contributed by atoms with van der Waals surface area (Å²) in [4.78, 5) is 0. The molecule has 0 atom stereocenters. The second-order valence-electron chi connectivity index (χ2n) is 4.44. The van der Waals surface area contributed by atoms with Gasteiger partial charge in [0.05, 0.1) is 19.8 Å². The van der Waals surface area contributed by atoms with Gasteiger partial charge in [0.1, 0.15) is 0 Å². The lowest BCUT2D eigenvalue weighted by atomic mass is 9.82. The van der Waals surface area contributed by atoms with Crippen molar-refractivity contribution >= 4 is 0 Å². The van der Waals surface area contributed by atoms with E-state index in [0.717, 1.165) is 12.8 Å². The van der Waals surface area contributed by atoms with E-state index >= 15 is 0 Å². The molecule has 0 amide bonds. The van der Waals surface area contributed by atoms with Crippen molar-refractivity contribution in [1.82, 2.24) is 0 Å². The highest BCUT2D eigenvalue weighted by Crippen LogP contribution is 2.30. The van der Waals surface area contributed by atoms with Gasteiger partial charge in [0.2, 0.25) is 0 Å². The highest BCUT2D eigenvalue weighted by atomic mass is 19.1. The van der Waals surface area contributed by atoms with E-state index in [9.17, 15) is 4.39 Å². The quantitative estimate of drug-likeness (QED) is 0.855. The first-order valence-corrected chi connectivity index (χ1v) is 5.87. The van der Waals surface area contributed by atoms with Gasteiger partial charge in [0.25, 0.3) is 0 Å². The maximum absolute atomic E-state index is 13.8. The Hall–Kier alpha value is -1.13. The van der Waals surface area contributed by atoms with E-state index in [4.69, 9.17) is 15.2 Å². The van der Waals surface area contributed by atoms with Crippen LogP contribution in [0.15, 0.2) is 18.2 Å². The zero-order chi connectivity index (χ0) is 12.3. The molecule has 2 rings (SSSR count). The largest absolute Gasteiger partial charge is 0.494 e. The number of nitrogens with two attached hydrogens (primary N) is 1. The summed E-state index contributed by atoms with van der Waals surface area (Å²) in [5.74, 6) is 0.513. The predicted molar refractivity (Wildman–Crippen MR) is 63.3 cm³/mol. The molecule has 1 fully saturated rings. The molecule has 1 saturated carbocycles. The topological polar surface area (TPSA) is 44.5 Å². The first-order chi connectivity index (χ1) is 8.24. The number of methoxy groups -OCH3 is 1. The van der Waals surface area contributed by atoms with Crippen LogP contribution in [0.25, 0.3) is 0 Å². The molecule has 0 aromatic heterocycles. The van der Waals surface area contributed by atoms with Gasteiger partial charge in [-0.2, -0.15) is 0 Å². The van der Waals surface area contributed by atoms with Gasteiger partial charge in [0, 0.05) is 5.56 Å².